The van der Waals surface area contributed by atoms with E-state index in [0.717, 1.165) is 25.7 Å². The van der Waals surface area contributed by atoms with Gasteiger partial charge in [-0.1, -0.05) is 66.5 Å². The van der Waals surface area contributed by atoms with Gasteiger partial charge in [0.25, 0.3) is 0 Å². The van der Waals surface area contributed by atoms with Gasteiger partial charge in [-0.3, -0.25) is 0 Å². The minimum atomic E-state index is -0.215. The fourth-order valence-corrected chi connectivity index (χ4v) is 10.5. The van der Waals surface area contributed by atoms with E-state index in [2.05, 4.69) is 55.4 Å². The molecule has 0 aliphatic heterocycles. The van der Waals surface area contributed by atoms with Crippen molar-refractivity contribution in [1.82, 2.24) is 0 Å². The van der Waals surface area contributed by atoms with Crippen LogP contribution in [0.15, 0.2) is 11.1 Å². The lowest BCUT2D eigenvalue weighted by atomic mass is 9.34. The summed E-state index contributed by atoms with van der Waals surface area (Å²) in [4.78, 5) is 0. The van der Waals surface area contributed by atoms with E-state index in [0.29, 0.717) is 22.7 Å². The van der Waals surface area contributed by atoms with Gasteiger partial charge in [0.1, 0.15) is 0 Å². The first kappa shape index (κ1) is 23.4. The van der Waals surface area contributed by atoms with E-state index in [-0.39, 0.29) is 33.9 Å². The molecule has 0 spiro atoms. The zero-order chi connectivity index (χ0) is 23.5. The molecule has 0 heterocycles. The molecule has 0 amide bonds. The van der Waals surface area contributed by atoms with Gasteiger partial charge in [-0.2, -0.15) is 0 Å². The topological polar surface area (TPSA) is 40.5 Å². The zero-order valence-electron chi connectivity index (χ0n) is 22.3. The first-order chi connectivity index (χ1) is 14.6. The lowest BCUT2D eigenvalue weighted by Gasteiger charge is -2.71. The van der Waals surface area contributed by atoms with E-state index in [1.165, 1.54) is 38.5 Å². The molecule has 0 unspecified atom stereocenters. The summed E-state index contributed by atoms with van der Waals surface area (Å²) in [6.07, 6.45) is 11.2. The minimum absolute atomic E-state index is 0.00597. The Bertz CT molecular complexity index is 838. The van der Waals surface area contributed by atoms with Crippen LogP contribution in [-0.4, -0.2) is 22.4 Å². The first-order valence-corrected chi connectivity index (χ1v) is 13.7. The molecule has 5 aliphatic rings. The van der Waals surface area contributed by atoms with Crippen LogP contribution in [0.4, 0.5) is 0 Å². The second-order valence-electron chi connectivity index (χ2n) is 15.2. The van der Waals surface area contributed by atoms with Crippen molar-refractivity contribution in [2.45, 2.75) is 132 Å². The summed E-state index contributed by atoms with van der Waals surface area (Å²) in [6.45, 7) is 19.7. The van der Waals surface area contributed by atoms with Crippen molar-refractivity contribution in [2.75, 3.05) is 0 Å². The number of rotatable bonds is 0. The molecule has 5 rings (SSSR count). The first-order valence-electron chi connectivity index (χ1n) is 13.7. The van der Waals surface area contributed by atoms with E-state index in [9.17, 15) is 10.2 Å². The summed E-state index contributed by atoms with van der Waals surface area (Å²) >= 11 is 0. The van der Waals surface area contributed by atoms with E-state index in [1.807, 2.05) is 0 Å². The van der Waals surface area contributed by atoms with Crippen LogP contribution in [0, 0.1) is 44.3 Å². The van der Waals surface area contributed by atoms with Gasteiger partial charge in [0.2, 0.25) is 0 Å². The van der Waals surface area contributed by atoms with Crippen molar-refractivity contribution in [1.29, 1.82) is 0 Å². The van der Waals surface area contributed by atoms with Crippen LogP contribution >= 0.6 is 0 Å². The molecule has 0 aromatic carbocycles. The summed E-state index contributed by atoms with van der Waals surface area (Å²) in [5.41, 5.74) is 4.40. The van der Waals surface area contributed by atoms with Crippen LogP contribution in [0.25, 0.3) is 0 Å². The average Bonchev–Trinajstić information content (AvgIpc) is 2.68. The van der Waals surface area contributed by atoms with E-state index in [4.69, 9.17) is 0 Å². The quantitative estimate of drug-likeness (QED) is 0.387. The third-order valence-corrected chi connectivity index (χ3v) is 13.0. The van der Waals surface area contributed by atoms with E-state index >= 15 is 0 Å². The molecule has 2 heteroatoms. The Morgan fingerprint density at radius 1 is 0.688 bits per heavy atom. The molecule has 4 fully saturated rings. The van der Waals surface area contributed by atoms with Crippen molar-refractivity contribution >= 4 is 0 Å². The molecule has 4 saturated carbocycles. The molecular weight excluding hydrogens is 392 g/mol. The Morgan fingerprint density at radius 2 is 1.38 bits per heavy atom. The van der Waals surface area contributed by atoms with E-state index in [1.54, 1.807) is 11.1 Å². The van der Waals surface area contributed by atoms with Crippen molar-refractivity contribution in [3.63, 3.8) is 0 Å². The number of aliphatic hydroxyl groups is 2. The van der Waals surface area contributed by atoms with Crippen molar-refractivity contribution in [3.05, 3.63) is 11.1 Å². The highest BCUT2D eigenvalue weighted by Gasteiger charge is 2.68. The largest absolute Gasteiger partial charge is 0.393 e. The summed E-state index contributed by atoms with van der Waals surface area (Å²) in [6, 6.07) is 0. The van der Waals surface area contributed by atoms with Crippen LogP contribution in [-0.2, 0) is 0 Å². The summed E-state index contributed by atoms with van der Waals surface area (Å²) in [5, 5.41) is 22.6. The molecule has 0 radical (unpaired) electrons. The second kappa shape index (κ2) is 6.66. The summed E-state index contributed by atoms with van der Waals surface area (Å²) < 4.78 is 0. The van der Waals surface area contributed by atoms with Crippen LogP contribution in [0.3, 0.4) is 0 Å². The number of fused-ring (bicyclic) bond motifs is 6. The summed E-state index contributed by atoms with van der Waals surface area (Å²) in [7, 11) is 0. The number of aliphatic hydroxyl groups excluding tert-OH is 2. The van der Waals surface area contributed by atoms with Gasteiger partial charge in [0, 0.05) is 5.41 Å². The SMILES string of the molecule is CC1(C)CC[C@@]2(C)C(=C3CC[C@@H]4[C@@]5(C)CC[C@H](O)C(C)(C)[C@@H]5CC[C@@]4(C)[C@]3(C)C[C@@H]2O)C1. The van der Waals surface area contributed by atoms with Crippen LogP contribution in [0.1, 0.15) is 120 Å². The maximum Gasteiger partial charge on any atom is 0.0639 e. The summed E-state index contributed by atoms with van der Waals surface area (Å²) in [5.74, 6) is 1.28. The van der Waals surface area contributed by atoms with E-state index < -0.39 is 0 Å². The highest BCUT2D eigenvalue weighted by molar-refractivity contribution is 5.39. The molecule has 0 aromatic heterocycles. The molecule has 5 aliphatic carbocycles. The molecule has 8 atom stereocenters. The molecule has 0 saturated heterocycles. The highest BCUT2D eigenvalue weighted by Crippen LogP contribution is 2.75. The molecule has 2 N–H and O–H groups in total. The third kappa shape index (κ3) is 2.72. The normalized spacial score (nSPS) is 54.2. The second-order valence-corrected chi connectivity index (χ2v) is 15.2. The molecule has 2 nitrogen and oxygen atoms in total. The molecular formula is C30H50O2. The Hall–Kier alpha value is -0.340. The Kier molecular flexibility index (Phi) is 4.87. The van der Waals surface area contributed by atoms with Gasteiger partial charge in [-0.25, -0.2) is 0 Å². The predicted molar refractivity (Wildman–Crippen MR) is 132 cm³/mol. The molecule has 0 bridgehead atoms. The van der Waals surface area contributed by atoms with Gasteiger partial charge in [0.05, 0.1) is 12.2 Å². The maximum absolute atomic E-state index is 11.7. The fourth-order valence-electron chi connectivity index (χ4n) is 10.5. The lowest BCUT2D eigenvalue weighted by molar-refractivity contribution is -0.210. The maximum atomic E-state index is 11.7. The zero-order valence-corrected chi connectivity index (χ0v) is 22.3. The number of hydrogen-bond acceptors (Lipinski definition) is 2. The van der Waals surface area contributed by atoms with Crippen molar-refractivity contribution < 1.29 is 10.2 Å². The van der Waals surface area contributed by atoms with Gasteiger partial charge in [-0.05, 0) is 103 Å². The standard InChI is InChI=1S/C30H50O2/c1-25(2)15-16-27(5)20(17-25)19-9-10-22-28(6)13-12-23(31)26(3,4)21(28)11-14-29(22,7)30(19,8)18-24(27)32/h21-24,31-32H,9-18H2,1-8H3/t21-,22+,23-,24-,27-,28-,29+,30+/m0/s1. The highest BCUT2D eigenvalue weighted by atomic mass is 16.3. The van der Waals surface area contributed by atoms with Crippen molar-refractivity contribution in [3.8, 4) is 0 Å². The smallest absolute Gasteiger partial charge is 0.0639 e. The van der Waals surface area contributed by atoms with Gasteiger partial charge >= 0.3 is 0 Å². The fraction of sp³-hybridized carbons (Fsp3) is 0.933. The van der Waals surface area contributed by atoms with Gasteiger partial charge in [0.15, 0.2) is 0 Å². The average molecular weight is 443 g/mol. The Labute approximate surface area is 197 Å². The lowest BCUT2D eigenvalue weighted by Crippen LogP contribution is -2.65. The van der Waals surface area contributed by atoms with Crippen molar-refractivity contribution in [2.24, 2.45) is 44.3 Å². The number of hydrogen-bond donors (Lipinski definition) is 2. The minimum Gasteiger partial charge on any atom is -0.393 e. The molecule has 0 aromatic rings. The third-order valence-electron chi connectivity index (χ3n) is 13.0. The molecule has 182 valence electrons. The molecule has 32 heavy (non-hydrogen) atoms. The van der Waals surface area contributed by atoms with Crippen LogP contribution in [0.5, 0.6) is 0 Å². The monoisotopic (exact) mass is 442 g/mol. The Balaban J connectivity index is 1.62. The van der Waals surface area contributed by atoms with Crippen LogP contribution < -0.4 is 0 Å². The van der Waals surface area contributed by atoms with Crippen LogP contribution in [0.2, 0.25) is 0 Å². The predicted octanol–water partition coefficient (Wildman–Crippen LogP) is 7.28. The van der Waals surface area contributed by atoms with Gasteiger partial charge < -0.3 is 10.2 Å². The Morgan fingerprint density at radius 3 is 2.06 bits per heavy atom. The van der Waals surface area contributed by atoms with Gasteiger partial charge in [-0.15, -0.1) is 0 Å². The number of allylic oxidation sites excluding steroid dienone is 1.